The smallest absolute Gasteiger partial charge is 0.226 e. The molecule has 0 fully saturated rings. The minimum Gasteiger partial charge on any atom is -0.369 e. The van der Waals surface area contributed by atoms with Gasteiger partial charge in [0, 0.05) is 11.2 Å². The van der Waals surface area contributed by atoms with Crippen molar-refractivity contribution in [3.8, 4) is 0 Å². The molecule has 3 N–H and O–H groups in total. The molecule has 1 unspecified atom stereocenters. The van der Waals surface area contributed by atoms with Crippen molar-refractivity contribution in [1.29, 1.82) is 0 Å². The van der Waals surface area contributed by atoms with Gasteiger partial charge >= 0.3 is 0 Å². The van der Waals surface area contributed by atoms with Gasteiger partial charge < -0.3 is 11.1 Å². The van der Waals surface area contributed by atoms with Crippen molar-refractivity contribution in [1.82, 2.24) is 5.32 Å². The summed E-state index contributed by atoms with van der Waals surface area (Å²) in [7, 11) is 0. The van der Waals surface area contributed by atoms with Crippen LogP contribution in [0, 0.1) is 5.92 Å². The van der Waals surface area contributed by atoms with E-state index in [0.717, 1.165) is 19.3 Å². The number of carbonyl (C=O) groups is 2. The monoisotopic (exact) mass is 354 g/mol. The first-order chi connectivity index (χ1) is 11.2. The van der Waals surface area contributed by atoms with E-state index in [1.54, 1.807) is 11.8 Å². The summed E-state index contributed by atoms with van der Waals surface area (Å²) in [4.78, 5) is 23.8. The van der Waals surface area contributed by atoms with Crippen LogP contribution < -0.4 is 11.1 Å². The molecule has 4 nitrogen and oxygen atoms in total. The highest BCUT2D eigenvalue weighted by Gasteiger charge is 2.23. The SMILES string of the molecule is C=CC(C(N)=O)[C@H](/C=C/SC(C)(C)C)NC(=O)CCCCCCC. The van der Waals surface area contributed by atoms with Gasteiger partial charge in [-0.1, -0.05) is 65.5 Å². The molecule has 0 rings (SSSR count). The molecule has 2 atom stereocenters. The zero-order chi connectivity index (χ0) is 18.6. The molecule has 0 spiro atoms. The third-order valence-electron chi connectivity index (χ3n) is 3.51. The van der Waals surface area contributed by atoms with Gasteiger partial charge in [-0.05, 0) is 11.8 Å². The van der Waals surface area contributed by atoms with Crippen LogP contribution in [0.5, 0.6) is 0 Å². The van der Waals surface area contributed by atoms with Gasteiger partial charge in [0.25, 0.3) is 0 Å². The van der Waals surface area contributed by atoms with Crippen molar-refractivity contribution >= 4 is 23.6 Å². The Bertz CT molecular complexity index is 428. The van der Waals surface area contributed by atoms with E-state index in [1.165, 1.54) is 18.9 Å². The molecule has 0 saturated carbocycles. The molecule has 0 aliphatic heterocycles. The van der Waals surface area contributed by atoms with E-state index >= 15 is 0 Å². The summed E-state index contributed by atoms with van der Waals surface area (Å²) in [5.41, 5.74) is 5.43. The number of carbonyl (C=O) groups excluding carboxylic acids is 2. The van der Waals surface area contributed by atoms with Crippen molar-refractivity contribution in [2.45, 2.75) is 77.0 Å². The van der Waals surface area contributed by atoms with Crippen molar-refractivity contribution in [2.24, 2.45) is 11.7 Å². The maximum absolute atomic E-state index is 12.2. The first kappa shape index (κ1) is 22.8. The average Bonchev–Trinajstić information content (AvgIpc) is 2.45. The highest BCUT2D eigenvalue weighted by molar-refractivity contribution is 8.03. The molecule has 0 aliphatic rings. The zero-order valence-corrected chi connectivity index (χ0v) is 16.5. The Balaban J connectivity index is 4.66. The van der Waals surface area contributed by atoms with E-state index in [-0.39, 0.29) is 10.7 Å². The van der Waals surface area contributed by atoms with E-state index < -0.39 is 17.9 Å². The average molecular weight is 355 g/mol. The van der Waals surface area contributed by atoms with Crippen LogP contribution in [0.4, 0.5) is 0 Å². The number of nitrogens with two attached hydrogens (primary N) is 1. The maximum Gasteiger partial charge on any atom is 0.226 e. The van der Waals surface area contributed by atoms with Crippen LogP contribution in [0.15, 0.2) is 24.1 Å². The first-order valence-corrected chi connectivity index (χ1v) is 9.65. The molecular formula is C19H34N2O2S. The summed E-state index contributed by atoms with van der Waals surface area (Å²) in [6.45, 7) is 12.1. The van der Waals surface area contributed by atoms with Gasteiger partial charge in [-0.25, -0.2) is 0 Å². The maximum atomic E-state index is 12.2. The molecule has 0 aromatic heterocycles. The summed E-state index contributed by atoms with van der Waals surface area (Å²) in [6.07, 6.45) is 9.29. The molecule has 0 aliphatic carbocycles. The molecule has 5 heteroatoms. The molecule has 0 saturated heterocycles. The quantitative estimate of drug-likeness (QED) is 0.408. The predicted octanol–water partition coefficient (Wildman–Crippen LogP) is 4.16. The second-order valence-corrected chi connectivity index (χ2v) is 8.71. The van der Waals surface area contributed by atoms with Crippen molar-refractivity contribution < 1.29 is 9.59 Å². The lowest BCUT2D eigenvalue weighted by Crippen LogP contribution is -2.43. The Kier molecular flexibility index (Phi) is 11.6. The van der Waals surface area contributed by atoms with Crippen LogP contribution in [0.3, 0.4) is 0 Å². The fourth-order valence-corrected chi connectivity index (χ4v) is 2.83. The zero-order valence-electron chi connectivity index (χ0n) is 15.6. The van der Waals surface area contributed by atoms with Crippen LogP contribution >= 0.6 is 11.8 Å². The third-order valence-corrected chi connectivity index (χ3v) is 4.51. The second-order valence-electron chi connectivity index (χ2n) is 6.98. The minimum absolute atomic E-state index is 0.0463. The van der Waals surface area contributed by atoms with Gasteiger partial charge in [0.2, 0.25) is 11.8 Å². The fraction of sp³-hybridized carbons (Fsp3) is 0.684. The molecule has 24 heavy (non-hydrogen) atoms. The van der Waals surface area contributed by atoms with Crippen molar-refractivity contribution in [3.63, 3.8) is 0 Å². The topological polar surface area (TPSA) is 72.2 Å². The van der Waals surface area contributed by atoms with Crippen molar-refractivity contribution in [3.05, 3.63) is 24.1 Å². The molecule has 0 radical (unpaired) electrons. The lowest BCUT2D eigenvalue weighted by molar-refractivity contribution is -0.123. The van der Waals surface area contributed by atoms with Gasteiger partial charge in [-0.15, -0.1) is 18.3 Å². The van der Waals surface area contributed by atoms with E-state index in [1.807, 2.05) is 11.5 Å². The molecule has 0 bridgehead atoms. The van der Waals surface area contributed by atoms with Gasteiger partial charge in [-0.3, -0.25) is 9.59 Å². The number of nitrogens with one attached hydrogen (secondary N) is 1. The van der Waals surface area contributed by atoms with E-state index in [0.29, 0.717) is 6.42 Å². The van der Waals surface area contributed by atoms with E-state index in [2.05, 4.69) is 39.6 Å². The molecule has 2 amide bonds. The van der Waals surface area contributed by atoms with Crippen LogP contribution in [-0.2, 0) is 9.59 Å². The highest BCUT2D eigenvalue weighted by Crippen LogP contribution is 2.24. The molecule has 0 aromatic rings. The van der Waals surface area contributed by atoms with Crippen LogP contribution in [0.1, 0.15) is 66.2 Å². The molecule has 138 valence electrons. The standard InChI is InChI=1S/C19H34N2O2S/c1-6-8-9-10-11-12-17(22)21-16(15(7-2)18(20)23)13-14-24-19(3,4)5/h7,13-16H,2,6,8-12H2,1,3-5H3,(H2,20,23)(H,21,22)/b14-13+/t15?,16-/m0/s1. The number of amides is 2. The van der Waals surface area contributed by atoms with Crippen LogP contribution in [-0.4, -0.2) is 22.6 Å². The van der Waals surface area contributed by atoms with Gasteiger partial charge in [-0.2, -0.15) is 0 Å². The predicted molar refractivity (Wildman–Crippen MR) is 105 cm³/mol. The lowest BCUT2D eigenvalue weighted by atomic mass is 9.99. The van der Waals surface area contributed by atoms with Gasteiger partial charge in [0.05, 0.1) is 12.0 Å². The Morgan fingerprint density at radius 1 is 1.21 bits per heavy atom. The molecule has 0 aromatic carbocycles. The number of unbranched alkanes of at least 4 members (excludes halogenated alkanes) is 4. The van der Waals surface area contributed by atoms with Crippen LogP contribution in [0.25, 0.3) is 0 Å². The van der Waals surface area contributed by atoms with Crippen LogP contribution in [0.2, 0.25) is 0 Å². The lowest BCUT2D eigenvalue weighted by Gasteiger charge is -2.21. The summed E-state index contributed by atoms with van der Waals surface area (Å²) in [6, 6.07) is -0.446. The Labute approximate surface area is 151 Å². The van der Waals surface area contributed by atoms with E-state index in [9.17, 15) is 9.59 Å². The summed E-state index contributed by atoms with van der Waals surface area (Å²) >= 11 is 1.64. The molecule has 0 heterocycles. The van der Waals surface area contributed by atoms with Gasteiger partial charge in [0.15, 0.2) is 0 Å². The Hall–Kier alpha value is -1.23. The Morgan fingerprint density at radius 2 is 1.83 bits per heavy atom. The number of thioether (sulfide) groups is 1. The van der Waals surface area contributed by atoms with Crippen molar-refractivity contribution in [2.75, 3.05) is 0 Å². The molecular weight excluding hydrogens is 320 g/mol. The fourth-order valence-electron chi connectivity index (χ4n) is 2.17. The summed E-state index contributed by atoms with van der Waals surface area (Å²) < 4.78 is 0.0702. The Morgan fingerprint density at radius 3 is 2.33 bits per heavy atom. The number of primary amides is 1. The summed E-state index contributed by atoms with van der Waals surface area (Å²) in [5.74, 6) is -1.13. The second kappa shape index (κ2) is 12.2. The summed E-state index contributed by atoms with van der Waals surface area (Å²) in [5, 5.41) is 4.84. The minimum atomic E-state index is -0.606. The number of hydrogen-bond donors (Lipinski definition) is 2. The van der Waals surface area contributed by atoms with E-state index in [4.69, 9.17) is 5.73 Å². The number of rotatable bonds is 12. The number of hydrogen-bond acceptors (Lipinski definition) is 3. The largest absolute Gasteiger partial charge is 0.369 e. The first-order valence-electron chi connectivity index (χ1n) is 8.77. The van der Waals surface area contributed by atoms with Gasteiger partial charge in [0.1, 0.15) is 0 Å². The normalized spacial score (nSPS) is 14.3. The third kappa shape index (κ3) is 11.3. The highest BCUT2D eigenvalue weighted by atomic mass is 32.2.